The van der Waals surface area contributed by atoms with Gasteiger partial charge in [0.1, 0.15) is 0 Å². The van der Waals surface area contributed by atoms with Crippen molar-refractivity contribution in [3.05, 3.63) is 0 Å². The van der Waals surface area contributed by atoms with E-state index in [0.717, 1.165) is 25.4 Å². The van der Waals surface area contributed by atoms with Crippen LogP contribution in [0.15, 0.2) is 0 Å². The normalized spacial score (nSPS) is 28.6. The summed E-state index contributed by atoms with van der Waals surface area (Å²) in [5.41, 5.74) is 0. The Morgan fingerprint density at radius 2 is 2.36 bits per heavy atom. The first-order valence-electron chi connectivity index (χ1n) is 5.41. The Morgan fingerprint density at radius 3 is 2.93 bits per heavy atom. The molecule has 0 amide bonds. The number of rotatable bonds is 4. The summed E-state index contributed by atoms with van der Waals surface area (Å²) in [7, 11) is -0.673. The van der Waals surface area contributed by atoms with Crippen LogP contribution in [0.5, 0.6) is 0 Å². The molecule has 0 aromatic heterocycles. The maximum Gasteiger partial charge on any atom is 0.0385 e. The van der Waals surface area contributed by atoms with E-state index < -0.39 is 10.8 Å². The van der Waals surface area contributed by atoms with Crippen LogP contribution in [-0.4, -0.2) is 52.8 Å². The molecule has 0 spiro atoms. The van der Waals surface area contributed by atoms with Crippen molar-refractivity contribution in [1.82, 2.24) is 10.2 Å². The monoisotopic (exact) mass is 218 g/mol. The highest BCUT2D eigenvalue weighted by molar-refractivity contribution is 7.84. The van der Waals surface area contributed by atoms with Gasteiger partial charge in [-0.05, 0) is 13.3 Å². The van der Waals surface area contributed by atoms with Gasteiger partial charge in [-0.3, -0.25) is 9.11 Å². The Hall–Kier alpha value is 0.0700. The molecule has 0 aromatic carbocycles. The molecule has 1 N–H and O–H groups in total. The van der Waals surface area contributed by atoms with Gasteiger partial charge in [-0.25, -0.2) is 0 Å². The molecule has 3 unspecified atom stereocenters. The van der Waals surface area contributed by atoms with Crippen molar-refractivity contribution in [2.24, 2.45) is 0 Å². The smallest absolute Gasteiger partial charge is 0.0385 e. The molecule has 1 saturated heterocycles. The third-order valence-electron chi connectivity index (χ3n) is 2.88. The Kier molecular flexibility index (Phi) is 5.06. The van der Waals surface area contributed by atoms with Gasteiger partial charge in [-0.1, -0.05) is 6.92 Å². The molecular formula is C10H22N2OS. The number of hydrogen-bond acceptors (Lipinski definition) is 3. The van der Waals surface area contributed by atoms with Crippen molar-refractivity contribution in [1.29, 1.82) is 0 Å². The number of nitrogens with one attached hydrogen (secondary N) is 1. The highest BCUT2D eigenvalue weighted by atomic mass is 32.2. The van der Waals surface area contributed by atoms with E-state index in [4.69, 9.17) is 0 Å². The van der Waals surface area contributed by atoms with E-state index in [9.17, 15) is 4.21 Å². The number of nitrogens with zero attached hydrogens (tertiary/aromatic N) is 1. The molecule has 0 aliphatic carbocycles. The standard InChI is InChI=1S/C10H22N2OS/c1-4-10-7-12(6-5-11-10)9(2)8-14(3)13/h9-11H,4-8H2,1-3H3. The van der Waals surface area contributed by atoms with Gasteiger partial charge in [-0.15, -0.1) is 0 Å². The third-order valence-corrected chi connectivity index (χ3v) is 3.83. The molecule has 84 valence electrons. The highest BCUT2D eigenvalue weighted by Gasteiger charge is 2.22. The average Bonchev–Trinajstić information content (AvgIpc) is 2.17. The minimum atomic E-state index is -0.673. The van der Waals surface area contributed by atoms with Crippen LogP contribution >= 0.6 is 0 Å². The summed E-state index contributed by atoms with van der Waals surface area (Å²) in [4.78, 5) is 2.45. The zero-order valence-electron chi connectivity index (χ0n) is 9.45. The molecule has 0 radical (unpaired) electrons. The second-order valence-corrected chi connectivity index (χ2v) is 5.62. The maximum absolute atomic E-state index is 11.1. The molecule has 1 fully saturated rings. The SMILES string of the molecule is CCC1CN(C(C)CS(C)=O)CCN1. The molecule has 1 heterocycles. The largest absolute Gasteiger partial charge is 0.311 e. The van der Waals surface area contributed by atoms with E-state index in [-0.39, 0.29) is 0 Å². The van der Waals surface area contributed by atoms with Gasteiger partial charge >= 0.3 is 0 Å². The molecule has 1 aliphatic rings. The predicted octanol–water partition coefficient (Wildman–Crippen LogP) is 0.437. The lowest BCUT2D eigenvalue weighted by Crippen LogP contribution is -2.54. The highest BCUT2D eigenvalue weighted by Crippen LogP contribution is 2.07. The van der Waals surface area contributed by atoms with Crippen LogP contribution < -0.4 is 5.32 Å². The van der Waals surface area contributed by atoms with Crippen molar-refractivity contribution in [3.8, 4) is 0 Å². The van der Waals surface area contributed by atoms with Gasteiger partial charge in [0.2, 0.25) is 0 Å². The van der Waals surface area contributed by atoms with Gasteiger partial charge in [0, 0.05) is 54.5 Å². The minimum Gasteiger partial charge on any atom is -0.311 e. The van der Waals surface area contributed by atoms with Crippen LogP contribution in [0.3, 0.4) is 0 Å². The van der Waals surface area contributed by atoms with Crippen LogP contribution in [0.25, 0.3) is 0 Å². The van der Waals surface area contributed by atoms with Crippen molar-refractivity contribution in [3.63, 3.8) is 0 Å². The van der Waals surface area contributed by atoms with E-state index in [1.165, 1.54) is 6.42 Å². The lowest BCUT2D eigenvalue weighted by molar-refractivity contribution is 0.162. The van der Waals surface area contributed by atoms with E-state index in [0.29, 0.717) is 12.1 Å². The summed E-state index contributed by atoms with van der Waals surface area (Å²) < 4.78 is 11.1. The second kappa shape index (κ2) is 5.83. The van der Waals surface area contributed by atoms with Crippen molar-refractivity contribution < 1.29 is 4.21 Å². The summed E-state index contributed by atoms with van der Waals surface area (Å²) in [5, 5.41) is 3.49. The van der Waals surface area contributed by atoms with Crippen molar-refractivity contribution in [2.75, 3.05) is 31.6 Å². The molecule has 3 nitrogen and oxygen atoms in total. The summed E-state index contributed by atoms with van der Waals surface area (Å²) in [6.07, 6.45) is 2.97. The fourth-order valence-corrected chi connectivity index (χ4v) is 2.86. The lowest BCUT2D eigenvalue weighted by Gasteiger charge is -2.37. The lowest BCUT2D eigenvalue weighted by atomic mass is 10.1. The molecule has 3 atom stereocenters. The van der Waals surface area contributed by atoms with Crippen molar-refractivity contribution >= 4 is 10.8 Å². The summed E-state index contributed by atoms with van der Waals surface area (Å²) >= 11 is 0. The molecule has 4 heteroatoms. The first-order valence-corrected chi connectivity index (χ1v) is 7.13. The van der Waals surface area contributed by atoms with Crippen LogP contribution in [0.2, 0.25) is 0 Å². The van der Waals surface area contributed by atoms with E-state index in [2.05, 4.69) is 24.1 Å². The Balaban J connectivity index is 2.38. The third kappa shape index (κ3) is 3.67. The minimum absolute atomic E-state index is 0.456. The predicted molar refractivity (Wildman–Crippen MR) is 62.1 cm³/mol. The maximum atomic E-state index is 11.1. The van der Waals surface area contributed by atoms with E-state index in [1.807, 2.05) is 0 Å². The molecule has 0 aromatic rings. The Labute approximate surface area is 89.7 Å². The topological polar surface area (TPSA) is 32.3 Å². The second-order valence-electron chi connectivity index (χ2n) is 4.14. The van der Waals surface area contributed by atoms with Gasteiger partial charge in [0.25, 0.3) is 0 Å². The van der Waals surface area contributed by atoms with Crippen LogP contribution in [0.4, 0.5) is 0 Å². The first-order chi connectivity index (χ1) is 6.63. The zero-order chi connectivity index (χ0) is 10.6. The van der Waals surface area contributed by atoms with Crippen LogP contribution in [0, 0.1) is 0 Å². The van der Waals surface area contributed by atoms with Gasteiger partial charge < -0.3 is 5.32 Å². The van der Waals surface area contributed by atoms with Gasteiger partial charge in [0.15, 0.2) is 0 Å². The van der Waals surface area contributed by atoms with E-state index in [1.54, 1.807) is 6.26 Å². The fourth-order valence-electron chi connectivity index (χ4n) is 1.97. The number of hydrogen-bond donors (Lipinski definition) is 1. The molecule has 1 rings (SSSR count). The van der Waals surface area contributed by atoms with Crippen molar-refractivity contribution in [2.45, 2.75) is 32.4 Å². The average molecular weight is 218 g/mol. The van der Waals surface area contributed by atoms with Crippen LogP contribution in [-0.2, 0) is 10.8 Å². The quantitative estimate of drug-likeness (QED) is 0.743. The molecule has 0 saturated carbocycles. The number of piperazine rings is 1. The zero-order valence-corrected chi connectivity index (χ0v) is 10.3. The van der Waals surface area contributed by atoms with E-state index >= 15 is 0 Å². The Bertz CT molecular complexity index is 199. The van der Waals surface area contributed by atoms with Gasteiger partial charge in [-0.2, -0.15) is 0 Å². The molecule has 1 aliphatic heterocycles. The molecular weight excluding hydrogens is 196 g/mol. The molecule has 14 heavy (non-hydrogen) atoms. The Morgan fingerprint density at radius 1 is 1.64 bits per heavy atom. The first kappa shape index (κ1) is 12.1. The summed E-state index contributed by atoms with van der Waals surface area (Å²) in [6.45, 7) is 7.66. The molecule has 0 bridgehead atoms. The van der Waals surface area contributed by atoms with Gasteiger partial charge in [0.05, 0.1) is 0 Å². The fraction of sp³-hybridized carbons (Fsp3) is 1.00. The van der Waals surface area contributed by atoms with Crippen LogP contribution in [0.1, 0.15) is 20.3 Å². The summed E-state index contributed by atoms with van der Waals surface area (Å²) in [5.74, 6) is 0.802. The summed E-state index contributed by atoms with van der Waals surface area (Å²) in [6, 6.07) is 1.08.